The first-order chi connectivity index (χ1) is 28.3. The number of nitrogens with one attached hydrogen (secondary N) is 1. The molecule has 1 saturated heterocycles. The number of fused-ring (bicyclic) bond motifs is 7. The van der Waals surface area contributed by atoms with Crippen LogP contribution in [0.15, 0.2) is 65.8 Å². The summed E-state index contributed by atoms with van der Waals surface area (Å²) in [5, 5.41) is 4.13. The van der Waals surface area contributed by atoms with Crippen LogP contribution < -0.4 is 5.32 Å². The monoisotopic (exact) mass is 841 g/mol. The van der Waals surface area contributed by atoms with Gasteiger partial charge in [0.2, 0.25) is 0 Å². The van der Waals surface area contributed by atoms with Gasteiger partial charge in [0.05, 0.1) is 17.4 Å². The second-order valence-corrected chi connectivity index (χ2v) is 25.2. The Kier molecular flexibility index (Phi) is 11.9. The zero-order valence-electron chi connectivity index (χ0n) is 38.8. The summed E-state index contributed by atoms with van der Waals surface area (Å²) in [6, 6.07) is 9.43. The lowest BCUT2D eigenvalue weighted by atomic mass is 9.33. The predicted octanol–water partition coefficient (Wildman–Crippen LogP) is 11.4. The van der Waals surface area contributed by atoms with Crippen LogP contribution >= 0.6 is 0 Å². The van der Waals surface area contributed by atoms with Crippen molar-refractivity contribution in [1.29, 1.82) is 0 Å². The quantitative estimate of drug-likeness (QED) is 0.177. The average molecular weight is 841 g/mol. The summed E-state index contributed by atoms with van der Waals surface area (Å²) in [6.45, 7) is 26.9. The Morgan fingerprint density at radius 2 is 1.60 bits per heavy atom. The first-order valence-electron chi connectivity index (χ1n) is 24.3. The van der Waals surface area contributed by atoms with Crippen LogP contribution in [0.4, 0.5) is 0 Å². The van der Waals surface area contributed by atoms with Gasteiger partial charge in [0.1, 0.15) is 9.84 Å². The number of hydrogen-bond donors (Lipinski definition) is 1. The summed E-state index contributed by atoms with van der Waals surface area (Å²) < 4.78 is 30.4. The van der Waals surface area contributed by atoms with Crippen molar-refractivity contribution in [3.63, 3.8) is 0 Å². The molecule has 0 spiro atoms. The molecule has 0 bridgehead atoms. The maximum Gasteiger partial charge on any atom is 0.338 e. The van der Waals surface area contributed by atoms with Crippen molar-refractivity contribution in [3.05, 3.63) is 71.3 Å². The lowest BCUT2D eigenvalue weighted by Gasteiger charge is -2.72. The van der Waals surface area contributed by atoms with E-state index >= 15 is 0 Å². The molecule has 60 heavy (non-hydrogen) atoms. The molecule has 1 aliphatic heterocycles. The Morgan fingerprint density at radius 1 is 0.867 bits per heavy atom. The van der Waals surface area contributed by atoms with Crippen LogP contribution in [0.1, 0.15) is 155 Å². The van der Waals surface area contributed by atoms with Gasteiger partial charge in [0.15, 0.2) is 0 Å². The second kappa shape index (κ2) is 16.1. The summed E-state index contributed by atoms with van der Waals surface area (Å²) in [6.07, 6.45) is 23.9. The van der Waals surface area contributed by atoms with E-state index in [1.807, 2.05) is 30.3 Å². The SMILES string of the molecule is C=C(C)[C@@H]1CC[C@]2(NCCN3CCC(S(C)(=O)=O)CC3)CC[C@]3(C)[C@H](CC[C@@H]4[C@@]5(C)CC=C(C6=CCC(CC)(COC(=O)c7ccccc7)CC6)C(C)(C)[C@@H]5CC[C@]43C)[C@@H]12. The lowest BCUT2D eigenvalue weighted by molar-refractivity contribution is -0.221. The van der Waals surface area contributed by atoms with Gasteiger partial charge in [-0.2, -0.15) is 0 Å². The molecule has 7 heteroatoms. The first kappa shape index (κ1) is 44.4. The molecule has 6 nitrogen and oxygen atoms in total. The molecule has 1 heterocycles. The molecule has 5 fully saturated rings. The van der Waals surface area contributed by atoms with Crippen LogP contribution in [0.25, 0.3) is 0 Å². The fourth-order valence-corrected chi connectivity index (χ4v) is 17.3. The van der Waals surface area contributed by atoms with Gasteiger partial charge in [-0.05, 0) is 191 Å². The number of piperidine rings is 1. The number of ether oxygens (including phenoxy) is 1. The van der Waals surface area contributed by atoms with E-state index in [0.29, 0.717) is 46.7 Å². The van der Waals surface area contributed by atoms with Crippen molar-refractivity contribution < 1.29 is 17.9 Å². The molecule has 7 aliphatic rings. The van der Waals surface area contributed by atoms with E-state index in [1.165, 1.54) is 69.6 Å². The molecule has 1 N–H and O–H groups in total. The number of carbonyl (C=O) groups excluding carboxylic acids is 1. The van der Waals surface area contributed by atoms with Crippen LogP contribution in [-0.4, -0.2) is 69.1 Å². The molecule has 332 valence electrons. The number of rotatable bonds is 11. The number of nitrogens with zero attached hydrogens (tertiary/aromatic N) is 1. The lowest BCUT2D eigenvalue weighted by Crippen LogP contribution is -2.68. The van der Waals surface area contributed by atoms with Gasteiger partial charge in [0.25, 0.3) is 0 Å². The second-order valence-electron chi connectivity index (χ2n) is 22.9. The molecule has 0 radical (unpaired) electrons. The number of sulfone groups is 1. The molecular weight excluding hydrogens is 761 g/mol. The molecule has 10 atom stereocenters. The molecule has 0 amide bonds. The molecule has 0 aromatic heterocycles. The molecule has 1 aromatic carbocycles. The number of carbonyl (C=O) groups is 1. The highest BCUT2D eigenvalue weighted by atomic mass is 32.2. The van der Waals surface area contributed by atoms with Crippen molar-refractivity contribution in [2.45, 2.75) is 156 Å². The Balaban J connectivity index is 0.976. The van der Waals surface area contributed by atoms with Gasteiger partial charge in [-0.25, -0.2) is 13.2 Å². The van der Waals surface area contributed by atoms with Gasteiger partial charge >= 0.3 is 5.97 Å². The van der Waals surface area contributed by atoms with Gasteiger partial charge in [-0.3, -0.25) is 0 Å². The molecule has 6 aliphatic carbocycles. The zero-order chi connectivity index (χ0) is 42.9. The number of likely N-dealkylation sites (tertiary alicyclic amines) is 1. The van der Waals surface area contributed by atoms with Crippen LogP contribution in [0.2, 0.25) is 0 Å². The summed E-state index contributed by atoms with van der Waals surface area (Å²) in [4.78, 5) is 15.4. The van der Waals surface area contributed by atoms with E-state index < -0.39 is 9.84 Å². The van der Waals surface area contributed by atoms with Gasteiger partial charge in [-0.1, -0.05) is 84.0 Å². The third kappa shape index (κ3) is 7.36. The molecule has 8 rings (SSSR count). The van der Waals surface area contributed by atoms with Gasteiger partial charge < -0.3 is 15.0 Å². The standard InChI is InChI=1S/C53H80N2O4S/c1-10-52(36-59-47(56)39-14-12-11-13-15-39)27-18-38(19-28-52)42-21-25-49(6)44(48(42,4)5)22-26-51(8)45(49)17-16-43-46-41(37(2)3)20-29-53(46,31-30-50(43,51)7)54-32-35-55-33-23-40(24-34-55)60(9,57)58/h11-15,18,21,40-41,43-46,54H,2,10,16-17,19-20,22-36H2,1,3-9H3/t41-,43+,44-,45+,46+,49-,50+,51+,52?,53-/m0/s1. The normalized spacial score (nSPS) is 40.6. The van der Waals surface area contributed by atoms with Crippen molar-refractivity contribution >= 4 is 15.8 Å². The third-order valence-electron chi connectivity index (χ3n) is 20.0. The summed E-state index contributed by atoms with van der Waals surface area (Å²) in [5.41, 5.74) is 6.41. The number of esters is 1. The maximum atomic E-state index is 12.9. The third-order valence-corrected chi connectivity index (χ3v) is 21.7. The van der Waals surface area contributed by atoms with E-state index in [1.54, 1.807) is 11.1 Å². The van der Waals surface area contributed by atoms with Crippen molar-refractivity contribution in [2.24, 2.45) is 56.7 Å². The van der Waals surface area contributed by atoms with Crippen molar-refractivity contribution in [2.75, 3.05) is 39.0 Å². The highest BCUT2D eigenvalue weighted by Gasteiger charge is 2.70. The molecule has 1 unspecified atom stereocenters. The highest BCUT2D eigenvalue weighted by Crippen LogP contribution is 2.76. The summed E-state index contributed by atoms with van der Waals surface area (Å²) >= 11 is 0. The summed E-state index contributed by atoms with van der Waals surface area (Å²) in [5.74, 6) is 3.10. The van der Waals surface area contributed by atoms with Crippen LogP contribution in [0.5, 0.6) is 0 Å². The van der Waals surface area contributed by atoms with E-state index in [0.717, 1.165) is 70.6 Å². The first-order valence-corrected chi connectivity index (χ1v) is 26.2. The van der Waals surface area contributed by atoms with Gasteiger partial charge in [0, 0.05) is 30.3 Å². The maximum absolute atomic E-state index is 12.9. The Labute approximate surface area is 365 Å². The van der Waals surface area contributed by atoms with Crippen LogP contribution in [0, 0.1) is 56.7 Å². The minimum absolute atomic E-state index is 0.0111. The number of allylic oxidation sites excluding steroid dienone is 5. The van der Waals surface area contributed by atoms with E-state index in [9.17, 15) is 13.2 Å². The minimum atomic E-state index is -2.95. The Hall–Kier alpha value is -2.22. The zero-order valence-corrected chi connectivity index (χ0v) is 39.7. The largest absolute Gasteiger partial charge is 0.461 e. The minimum Gasteiger partial charge on any atom is -0.461 e. The predicted molar refractivity (Wildman–Crippen MR) is 246 cm³/mol. The fourth-order valence-electron chi connectivity index (χ4n) is 16.2. The van der Waals surface area contributed by atoms with E-state index in [4.69, 9.17) is 4.74 Å². The smallest absolute Gasteiger partial charge is 0.338 e. The molecule has 4 saturated carbocycles. The topological polar surface area (TPSA) is 75.7 Å². The molecular formula is C53H80N2O4S. The highest BCUT2D eigenvalue weighted by molar-refractivity contribution is 7.91. The van der Waals surface area contributed by atoms with Gasteiger partial charge in [-0.15, -0.1) is 0 Å². The van der Waals surface area contributed by atoms with Crippen molar-refractivity contribution in [1.82, 2.24) is 10.2 Å². The number of hydrogen-bond acceptors (Lipinski definition) is 6. The summed E-state index contributed by atoms with van der Waals surface area (Å²) in [7, 11) is -2.95. The average Bonchev–Trinajstić information content (AvgIpc) is 3.61. The van der Waals surface area contributed by atoms with Crippen LogP contribution in [-0.2, 0) is 14.6 Å². The Bertz CT molecular complexity index is 1960. The fraction of sp³-hybridized carbons (Fsp3) is 0.755. The van der Waals surface area contributed by atoms with Crippen molar-refractivity contribution in [3.8, 4) is 0 Å². The number of benzene rings is 1. The molecule has 1 aromatic rings. The van der Waals surface area contributed by atoms with E-state index in [2.05, 4.69) is 77.4 Å². The van der Waals surface area contributed by atoms with Crippen LogP contribution in [0.3, 0.4) is 0 Å². The Morgan fingerprint density at radius 3 is 2.25 bits per heavy atom. The van der Waals surface area contributed by atoms with E-state index in [-0.39, 0.29) is 33.0 Å².